The van der Waals surface area contributed by atoms with Crippen molar-refractivity contribution in [3.8, 4) is 22.6 Å². The fraction of sp³-hybridized carbons (Fsp3) is 0.0588. The quantitative estimate of drug-likeness (QED) is 0.0938. The van der Waals surface area contributed by atoms with Gasteiger partial charge in [-0.3, -0.25) is 0 Å². The zero-order valence-corrected chi connectivity index (χ0v) is 33.3. The van der Waals surface area contributed by atoms with Crippen LogP contribution in [0.1, 0.15) is 11.1 Å². The maximum Gasteiger partial charge on any atom is 1.00 e. The number of anilines is 1. The van der Waals surface area contributed by atoms with Gasteiger partial charge >= 0.3 is 59.1 Å². The molecule has 0 aliphatic carbocycles. The number of benzene rings is 6. The van der Waals surface area contributed by atoms with Crippen LogP contribution in [0.15, 0.2) is 121 Å². The van der Waals surface area contributed by atoms with Crippen molar-refractivity contribution in [1.82, 2.24) is 0 Å². The summed E-state index contributed by atoms with van der Waals surface area (Å²) in [5.41, 5.74) is 9.12. The van der Waals surface area contributed by atoms with E-state index in [2.05, 4.69) is 20.5 Å². The zero-order valence-electron chi connectivity index (χ0n) is 27.7. The van der Waals surface area contributed by atoms with Gasteiger partial charge in [0.1, 0.15) is 31.6 Å². The molecule has 0 radical (unpaired) electrons. The Hall–Kier alpha value is -3.74. The Morgan fingerprint density at radius 1 is 0.569 bits per heavy atom. The van der Waals surface area contributed by atoms with Gasteiger partial charge in [-0.1, -0.05) is 36.4 Å². The number of azo groups is 2. The van der Waals surface area contributed by atoms with Gasteiger partial charge in [-0.25, -0.2) is 16.8 Å². The Bertz CT molecular complexity index is 2640. The van der Waals surface area contributed by atoms with E-state index in [9.17, 15) is 36.2 Å². The summed E-state index contributed by atoms with van der Waals surface area (Å²) >= 11 is 0. The smallest absolute Gasteiger partial charge is 0.744 e. The largest absolute Gasteiger partial charge is 1.00 e. The van der Waals surface area contributed by atoms with E-state index in [0.29, 0.717) is 28.2 Å². The summed E-state index contributed by atoms with van der Waals surface area (Å²) < 4.78 is 71.8. The molecule has 6 aromatic carbocycles. The minimum Gasteiger partial charge on any atom is -0.744 e. The molecule has 0 atom stereocenters. The normalized spacial score (nSPS) is 12.0. The molecule has 248 valence electrons. The number of phenols is 2. The van der Waals surface area contributed by atoms with E-state index in [0.717, 1.165) is 23.3 Å². The maximum absolute atomic E-state index is 12.0. The van der Waals surface area contributed by atoms with Crippen LogP contribution in [0.4, 0.5) is 28.4 Å². The van der Waals surface area contributed by atoms with Crippen molar-refractivity contribution in [2.24, 2.45) is 20.5 Å². The number of nitrogen functional groups attached to an aromatic ring is 1. The minimum absolute atomic E-state index is 0. The van der Waals surface area contributed by atoms with Crippen LogP contribution in [0.3, 0.4) is 0 Å². The fourth-order valence-electron chi connectivity index (χ4n) is 5.36. The molecule has 0 aromatic heterocycles. The van der Waals surface area contributed by atoms with Crippen molar-refractivity contribution < 1.29 is 95.3 Å². The van der Waals surface area contributed by atoms with Crippen LogP contribution in [0.25, 0.3) is 32.7 Å². The molecule has 0 aliphatic heterocycles. The summed E-state index contributed by atoms with van der Waals surface area (Å²) in [6.07, 6.45) is 0. The molecule has 17 heteroatoms. The molecule has 0 spiro atoms. The molecule has 6 rings (SSSR count). The van der Waals surface area contributed by atoms with Gasteiger partial charge in [0, 0.05) is 21.8 Å². The van der Waals surface area contributed by atoms with E-state index in [4.69, 9.17) is 5.73 Å². The van der Waals surface area contributed by atoms with Gasteiger partial charge in [-0.2, -0.15) is 10.2 Å². The molecule has 0 amide bonds. The third kappa shape index (κ3) is 8.34. The Balaban J connectivity index is 0.00000292. The number of rotatable bonds is 7. The molecular formula is C34H25N5Na2O8S2. The van der Waals surface area contributed by atoms with Crippen LogP contribution in [0, 0.1) is 13.8 Å². The molecule has 0 aliphatic rings. The van der Waals surface area contributed by atoms with E-state index in [1.165, 1.54) is 30.3 Å². The first-order chi connectivity index (χ1) is 23.1. The van der Waals surface area contributed by atoms with Crippen LogP contribution in [0.2, 0.25) is 0 Å². The summed E-state index contributed by atoms with van der Waals surface area (Å²) in [5.74, 6) is -0.843. The van der Waals surface area contributed by atoms with Crippen LogP contribution in [0.5, 0.6) is 11.5 Å². The standard InChI is InChI=1S/C34H27N5O8S2.2Na/c1-18-13-20(7-11-27(18)36-38-29-17-30(48(42,43)44)25-5-3-4-6-26(25)33(29)40)21-8-12-28(19(2)14-21)37-39-32-31(49(45,46)47)16-22-15-23(35)9-10-24(22)34(32)41;;/h3-17,40-41H,35H2,1-2H3,(H,42,43,44)(H,45,46,47);;/q;2*+1/p-2. The molecule has 0 heterocycles. The molecule has 6 aromatic rings. The van der Waals surface area contributed by atoms with Crippen molar-refractivity contribution in [3.63, 3.8) is 0 Å². The van der Waals surface area contributed by atoms with E-state index >= 15 is 0 Å². The van der Waals surface area contributed by atoms with E-state index in [1.54, 1.807) is 50.2 Å². The Morgan fingerprint density at radius 3 is 1.65 bits per heavy atom. The molecule has 0 saturated carbocycles. The molecule has 0 saturated heterocycles. The van der Waals surface area contributed by atoms with E-state index < -0.39 is 41.5 Å². The fourth-order valence-corrected chi connectivity index (χ4v) is 6.71. The second-order valence-electron chi connectivity index (χ2n) is 11.2. The average Bonchev–Trinajstić information content (AvgIpc) is 3.04. The molecule has 51 heavy (non-hydrogen) atoms. The van der Waals surface area contributed by atoms with Crippen molar-refractivity contribution in [2.45, 2.75) is 23.6 Å². The maximum atomic E-state index is 12.0. The van der Waals surface area contributed by atoms with Crippen LogP contribution >= 0.6 is 0 Å². The summed E-state index contributed by atoms with van der Waals surface area (Å²) in [7, 11) is -9.90. The topological polar surface area (TPSA) is 230 Å². The van der Waals surface area contributed by atoms with Gasteiger partial charge in [0.2, 0.25) is 0 Å². The first-order valence-electron chi connectivity index (χ1n) is 14.4. The molecular weight excluding hydrogens is 717 g/mol. The van der Waals surface area contributed by atoms with E-state index in [1.807, 2.05) is 12.1 Å². The second kappa shape index (κ2) is 15.5. The SMILES string of the molecule is Cc1cc(-c2ccc(N=Nc3c(S(=O)(=O)[O-])cc4cc(N)ccc4c3O)c(C)c2)ccc1N=Nc1cc(S(=O)(=O)[O-])c2ccccc2c1O.[Na+].[Na+]. The summed E-state index contributed by atoms with van der Waals surface area (Å²) in [4.78, 5) is -1.25. The van der Waals surface area contributed by atoms with Crippen molar-refractivity contribution >= 4 is 70.2 Å². The second-order valence-corrected chi connectivity index (χ2v) is 13.8. The van der Waals surface area contributed by atoms with Gasteiger partial charge < -0.3 is 25.1 Å². The van der Waals surface area contributed by atoms with Gasteiger partial charge in [-0.05, 0) is 96.1 Å². The Morgan fingerprint density at radius 2 is 1.10 bits per heavy atom. The first kappa shape index (κ1) is 40.0. The summed E-state index contributed by atoms with van der Waals surface area (Å²) in [6, 6.07) is 23.1. The van der Waals surface area contributed by atoms with Crippen LogP contribution in [-0.4, -0.2) is 36.2 Å². The summed E-state index contributed by atoms with van der Waals surface area (Å²) in [6.45, 7) is 3.54. The summed E-state index contributed by atoms with van der Waals surface area (Å²) in [5, 5.41) is 38.6. The monoisotopic (exact) mass is 741 g/mol. The van der Waals surface area contributed by atoms with Crippen LogP contribution < -0.4 is 64.8 Å². The van der Waals surface area contributed by atoms with Crippen molar-refractivity contribution in [3.05, 3.63) is 102 Å². The third-order valence-corrected chi connectivity index (χ3v) is 9.55. The number of hydrogen-bond donors (Lipinski definition) is 3. The number of aryl methyl sites for hydroxylation is 2. The molecule has 13 nitrogen and oxygen atoms in total. The first-order valence-corrected chi connectivity index (χ1v) is 17.2. The predicted octanol–water partition coefficient (Wildman–Crippen LogP) is 1.92. The van der Waals surface area contributed by atoms with Crippen molar-refractivity contribution in [2.75, 3.05) is 5.73 Å². The Kier molecular flexibility index (Phi) is 12.1. The number of fused-ring (bicyclic) bond motifs is 2. The molecule has 4 N–H and O–H groups in total. The zero-order chi connectivity index (χ0) is 35.2. The Labute approximate surface area is 337 Å². The number of nitrogens with two attached hydrogens (primary N) is 1. The van der Waals surface area contributed by atoms with Gasteiger partial charge in [-0.15, -0.1) is 10.2 Å². The van der Waals surface area contributed by atoms with Gasteiger partial charge in [0.05, 0.1) is 21.2 Å². The number of aromatic hydroxyl groups is 2. The van der Waals surface area contributed by atoms with Crippen LogP contribution in [-0.2, 0) is 20.2 Å². The minimum atomic E-state index is -5.03. The third-order valence-electron chi connectivity index (χ3n) is 7.82. The molecule has 0 unspecified atom stereocenters. The van der Waals surface area contributed by atoms with Gasteiger partial charge in [0.15, 0.2) is 11.5 Å². The number of hydrogen-bond acceptors (Lipinski definition) is 13. The average molecular weight is 742 g/mol. The molecule has 0 bridgehead atoms. The predicted molar refractivity (Wildman–Crippen MR) is 181 cm³/mol. The molecule has 0 fully saturated rings. The number of nitrogens with zero attached hydrogens (tertiary/aromatic N) is 4. The van der Waals surface area contributed by atoms with E-state index in [-0.39, 0.29) is 92.1 Å². The number of phenolic OH excluding ortho intramolecular Hbond substituents is 2. The van der Waals surface area contributed by atoms with Gasteiger partial charge in [0.25, 0.3) is 0 Å². The van der Waals surface area contributed by atoms with Crippen molar-refractivity contribution in [1.29, 1.82) is 0 Å².